The van der Waals surface area contributed by atoms with Crippen LogP contribution in [-0.4, -0.2) is 36.5 Å². The first kappa shape index (κ1) is 11.4. The molecule has 0 spiro atoms. The number of aliphatic imine (C=N–C) groups is 1. The highest BCUT2D eigenvalue weighted by Crippen LogP contribution is 2.18. The summed E-state index contributed by atoms with van der Waals surface area (Å²) in [4.78, 5) is 4.30. The smallest absolute Gasteiger partial charge is 0.152 e. The van der Waals surface area contributed by atoms with E-state index in [4.69, 9.17) is 9.94 Å². The third kappa shape index (κ3) is 2.75. The van der Waals surface area contributed by atoms with Crippen LogP contribution in [0.1, 0.15) is 12.5 Å². The number of oxime groups is 1. The number of rotatable bonds is 4. The fraction of sp³-hybridized carbons (Fsp3) is 0.333. The lowest BCUT2D eigenvalue weighted by Crippen LogP contribution is -2.33. The van der Waals surface area contributed by atoms with Crippen molar-refractivity contribution in [1.82, 2.24) is 5.32 Å². The van der Waals surface area contributed by atoms with Gasteiger partial charge in [0.15, 0.2) is 6.10 Å². The summed E-state index contributed by atoms with van der Waals surface area (Å²) in [5.41, 5.74) is 0.737. The Hall–Kier alpha value is -2.04. The van der Waals surface area contributed by atoms with Crippen LogP contribution >= 0.6 is 0 Å². The number of nitrogens with zero attached hydrogens (tertiary/aromatic N) is 2. The van der Waals surface area contributed by atoms with Gasteiger partial charge in [-0.25, -0.2) is 0 Å². The van der Waals surface area contributed by atoms with Crippen molar-refractivity contribution >= 4 is 12.1 Å². The van der Waals surface area contributed by atoms with Crippen LogP contribution in [0.25, 0.3) is 0 Å². The van der Waals surface area contributed by atoms with Crippen molar-refractivity contribution in [2.24, 2.45) is 10.1 Å². The van der Waals surface area contributed by atoms with E-state index in [0.717, 1.165) is 24.5 Å². The molecule has 0 fully saturated rings. The molecular weight excluding hydrogens is 218 g/mol. The highest BCUT2D eigenvalue weighted by Gasteiger charge is 2.16. The van der Waals surface area contributed by atoms with Gasteiger partial charge in [0.05, 0.1) is 12.8 Å². The number of nitrogens with one attached hydrogen (secondary N) is 1. The van der Waals surface area contributed by atoms with Crippen molar-refractivity contribution in [2.75, 3.05) is 13.1 Å². The second-order valence-electron chi connectivity index (χ2n) is 3.74. The summed E-state index contributed by atoms with van der Waals surface area (Å²) in [5.74, 6) is 1.54. The van der Waals surface area contributed by atoms with Gasteiger partial charge in [0, 0.05) is 12.1 Å². The molecule has 1 aromatic rings. The van der Waals surface area contributed by atoms with Gasteiger partial charge in [0.25, 0.3) is 0 Å². The maximum Gasteiger partial charge on any atom is 0.152 e. The van der Waals surface area contributed by atoms with E-state index in [1.165, 1.54) is 6.21 Å². The third-order valence-corrected chi connectivity index (χ3v) is 2.50. The fourth-order valence-electron chi connectivity index (χ4n) is 1.69. The molecule has 0 aromatic heterocycles. The summed E-state index contributed by atoms with van der Waals surface area (Å²) in [6.45, 7) is 3.59. The molecule has 0 aliphatic carbocycles. The van der Waals surface area contributed by atoms with E-state index in [0.29, 0.717) is 5.75 Å². The third-order valence-electron chi connectivity index (χ3n) is 2.50. The van der Waals surface area contributed by atoms with Crippen LogP contribution in [0.15, 0.2) is 34.4 Å². The average Bonchev–Trinajstić information content (AvgIpc) is 2.85. The molecule has 90 valence electrons. The molecule has 0 bridgehead atoms. The van der Waals surface area contributed by atoms with Gasteiger partial charge in [-0.1, -0.05) is 17.3 Å². The standard InChI is InChI=1S/C12H15N3O2/c1-9(12-13-6-7-14-12)17-11-5-3-2-4-10(11)8-15-16/h2-5,8-9,16H,6-7H2,1H3,(H,13,14)/t9-/m0/s1. The lowest BCUT2D eigenvalue weighted by molar-refractivity contribution is 0.283. The molecule has 0 saturated carbocycles. The Labute approximate surface area is 99.8 Å². The first-order valence-corrected chi connectivity index (χ1v) is 5.52. The van der Waals surface area contributed by atoms with E-state index in [-0.39, 0.29) is 6.10 Å². The molecule has 0 radical (unpaired) electrons. The van der Waals surface area contributed by atoms with Crippen LogP contribution in [0.5, 0.6) is 5.75 Å². The van der Waals surface area contributed by atoms with Crippen LogP contribution in [0, 0.1) is 0 Å². The van der Waals surface area contributed by atoms with Crippen LogP contribution in [0.3, 0.4) is 0 Å². The monoisotopic (exact) mass is 233 g/mol. The van der Waals surface area contributed by atoms with Crippen molar-refractivity contribution < 1.29 is 9.94 Å². The maximum absolute atomic E-state index is 8.57. The number of amidine groups is 1. The molecule has 0 amide bonds. The zero-order valence-corrected chi connectivity index (χ0v) is 9.63. The van der Waals surface area contributed by atoms with Crippen LogP contribution in [0.4, 0.5) is 0 Å². The van der Waals surface area contributed by atoms with Crippen molar-refractivity contribution in [3.63, 3.8) is 0 Å². The van der Waals surface area contributed by atoms with Crippen LogP contribution in [-0.2, 0) is 0 Å². The van der Waals surface area contributed by atoms with Gasteiger partial charge in [-0.15, -0.1) is 0 Å². The van der Waals surface area contributed by atoms with Gasteiger partial charge in [-0.2, -0.15) is 0 Å². The van der Waals surface area contributed by atoms with E-state index in [2.05, 4.69) is 15.5 Å². The van der Waals surface area contributed by atoms with Crippen LogP contribution in [0.2, 0.25) is 0 Å². The first-order chi connectivity index (χ1) is 8.31. The lowest BCUT2D eigenvalue weighted by atomic mass is 10.2. The summed E-state index contributed by atoms with van der Waals surface area (Å²) < 4.78 is 5.79. The maximum atomic E-state index is 8.57. The first-order valence-electron chi connectivity index (χ1n) is 5.52. The van der Waals surface area contributed by atoms with E-state index >= 15 is 0 Å². The number of ether oxygens (including phenoxy) is 1. The molecule has 1 heterocycles. The van der Waals surface area contributed by atoms with Gasteiger partial charge >= 0.3 is 0 Å². The van der Waals surface area contributed by atoms with E-state index < -0.39 is 0 Å². The Morgan fingerprint density at radius 3 is 3.06 bits per heavy atom. The molecule has 5 heteroatoms. The molecule has 2 N–H and O–H groups in total. The minimum absolute atomic E-state index is 0.134. The summed E-state index contributed by atoms with van der Waals surface area (Å²) >= 11 is 0. The van der Waals surface area contributed by atoms with Crippen molar-refractivity contribution in [3.8, 4) is 5.75 Å². The second-order valence-corrected chi connectivity index (χ2v) is 3.74. The van der Waals surface area contributed by atoms with Gasteiger partial charge in [-0.05, 0) is 19.1 Å². The minimum Gasteiger partial charge on any atom is -0.482 e. The van der Waals surface area contributed by atoms with Crippen LogP contribution < -0.4 is 10.1 Å². The zero-order valence-electron chi connectivity index (χ0n) is 9.63. The van der Waals surface area contributed by atoms with Crippen molar-refractivity contribution in [1.29, 1.82) is 0 Å². The normalized spacial score (nSPS) is 16.6. The van der Waals surface area contributed by atoms with Gasteiger partial charge < -0.3 is 15.3 Å². The SMILES string of the molecule is C[C@H](Oc1ccccc1C=NO)C1=NCCN1. The number of benzene rings is 1. The van der Waals surface area contributed by atoms with Gasteiger partial charge in [0.1, 0.15) is 11.6 Å². The zero-order chi connectivity index (χ0) is 12.1. The number of hydrogen-bond acceptors (Lipinski definition) is 5. The molecule has 1 atom stereocenters. The highest BCUT2D eigenvalue weighted by atomic mass is 16.5. The molecule has 0 unspecified atom stereocenters. The van der Waals surface area contributed by atoms with Gasteiger partial charge in [0.2, 0.25) is 0 Å². The molecule has 1 aliphatic heterocycles. The lowest BCUT2D eigenvalue weighted by Gasteiger charge is -2.16. The Morgan fingerprint density at radius 1 is 1.53 bits per heavy atom. The van der Waals surface area contributed by atoms with Gasteiger partial charge in [-0.3, -0.25) is 4.99 Å². The number of hydrogen-bond donors (Lipinski definition) is 2. The Kier molecular flexibility index (Phi) is 3.59. The predicted molar refractivity (Wildman–Crippen MR) is 66.2 cm³/mol. The molecule has 5 nitrogen and oxygen atoms in total. The largest absolute Gasteiger partial charge is 0.482 e. The Morgan fingerprint density at radius 2 is 2.35 bits per heavy atom. The molecule has 1 aliphatic rings. The Bertz CT molecular complexity index is 443. The quantitative estimate of drug-likeness (QED) is 0.467. The van der Waals surface area contributed by atoms with Crippen molar-refractivity contribution in [2.45, 2.75) is 13.0 Å². The van der Waals surface area contributed by atoms with E-state index in [1.54, 1.807) is 0 Å². The summed E-state index contributed by atoms with van der Waals surface area (Å²) in [7, 11) is 0. The molecular formula is C12H15N3O2. The Balaban J connectivity index is 2.12. The fourth-order valence-corrected chi connectivity index (χ4v) is 1.69. The predicted octanol–water partition coefficient (Wildman–Crippen LogP) is 1.26. The summed E-state index contributed by atoms with van der Waals surface area (Å²) in [6, 6.07) is 7.40. The summed E-state index contributed by atoms with van der Waals surface area (Å²) in [5, 5.41) is 14.8. The highest BCUT2D eigenvalue weighted by molar-refractivity contribution is 5.88. The summed E-state index contributed by atoms with van der Waals surface area (Å²) in [6.07, 6.45) is 1.22. The molecule has 0 saturated heterocycles. The molecule has 2 rings (SSSR count). The topological polar surface area (TPSA) is 66.2 Å². The van der Waals surface area contributed by atoms with Crippen molar-refractivity contribution in [3.05, 3.63) is 29.8 Å². The minimum atomic E-state index is -0.134. The number of para-hydroxylation sites is 1. The average molecular weight is 233 g/mol. The second kappa shape index (κ2) is 5.34. The van der Waals surface area contributed by atoms with E-state index in [9.17, 15) is 0 Å². The molecule has 1 aromatic carbocycles. The molecule has 17 heavy (non-hydrogen) atoms. The van der Waals surface area contributed by atoms with E-state index in [1.807, 2.05) is 31.2 Å².